The fourth-order valence-corrected chi connectivity index (χ4v) is 8.73. The van der Waals surface area contributed by atoms with Gasteiger partial charge in [-0.05, 0) is 83.7 Å². The summed E-state index contributed by atoms with van der Waals surface area (Å²) in [5, 5.41) is 10.4. The lowest BCUT2D eigenvalue weighted by molar-refractivity contribution is 0.284. The minimum Gasteiger partial charge on any atom is -0.391 e. The molecule has 2 aromatic heterocycles. The van der Waals surface area contributed by atoms with Crippen LogP contribution in [0.1, 0.15) is 57.9 Å². The summed E-state index contributed by atoms with van der Waals surface area (Å²) in [5.41, 5.74) is 4.82. The van der Waals surface area contributed by atoms with E-state index in [-0.39, 0.29) is 12.6 Å². The lowest BCUT2D eigenvalue weighted by atomic mass is 9.91. The number of thiophene rings is 1. The van der Waals surface area contributed by atoms with E-state index >= 15 is 0 Å². The molecule has 1 saturated heterocycles. The molecule has 0 spiro atoms. The van der Waals surface area contributed by atoms with Crippen LogP contribution in [0.4, 0.5) is 5.69 Å². The monoisotopic (exact) mass is 547 g/mol. The Morgan fingerprint density at radius 2 is 1.97 bits per heavy atom. The van der Waals surface area contributed by atoms with E-state index in [0.29, 0.717) is 11.6 Å². The molecule has 0 bridgehead atoms. The second kappa shape index (κ2) is 8.95. The zero-order valence-electron chi connectivity index (χ0n) is 21.5. The van der Waals surface area contributed by atoms with Crippen molar-refractivity contribution >= 4 is 48.9 Å². The van der Waals surface area contributed by atoms with Crippen LogP contribution in [-0.4, -0.2) is 52.2 Å². The largest absolute Gasteiger partial charge is 0.391 e. The van der Waals surface area contributed by atoms with Crippen molar-refractivity contribution in [2.24, 2.45) is 0 Å². The number of pyridine rings is 1. The van der Waals surface area contributed by atoms with Crippen LogP contribution >= 0.6 is 22.9 Å². The van der Waals surface area contributed by atoms with E-state index in [1.165, 1.54) is 5.56 Å². The summed E-state index contributed by atoms with van der Waals surface area (Å²) in [7, 11) is -3.48. The van der Waals surface area contributed by atoms with Gasteiger partial charge in [0, 0.05) is 57.6 Å². The van der Waals surface area contributed by atoms with E-state index in [0.717, 1.165) is 57.7 Å². The number of aromatic nitrogens is 1. The topological polar surface area (TPSA) is 73.7 Å². The Morgan fingerprint density at radius 3 is 2.67 bits per heavy atom. The summed E-state index contributed by atoms with van der Waals surface area (Å²) in [5.74, 6) is 0. The van der Waals surface area contributed by atoms with Gasteiger partial charge in [0.1, 0.15) is 0 Å². The number of hydrogen-bond donors (Lipinski definition) is 1. The average Bonchev–Trinajstić information content (AvgIpc) is 3.37. The van der Waals surface area contributed by atoms with E-state index < -0.39 is 20.3 Å². The van der Waals surface area contributed by atoms with Gasteiger partial charge in [0.05, 0.1) is 21.6 Å². The standard InChI is InChI=1S/C27H34ClN3O3S2/c1-26(2,3)36(33,34)31-15-19(14-27(31,4)5)30-10-6-7-17-11-18(28)12-22(24(17)30)21-8-9-29-23-13-20(16-32)35-25(21)23/h8-9,11-13,19,32H,6-7,10,14-16H2,1-5H3/t19-/m0/s1. The number of anilines is 1. The molecule has 0 saturated carbocycles. The molecule has 1 fully saturated rings. The molecule has 0 radical (unpaired) electrons. The van der Waals surface area contributed by atoms with Crippen molar-refractivity contribution in [2.45, 2.75) is 76.8 Å². The maximum absolute atomic E-state index is 13.5. The van der Waals surface area contributed by atoms with Crippen molar-refractivity contribution in [2.75, 3.05) is 18.0 Å². The van der Waals surface area contributed by atoms with Gasteiger partial charge in [-0.1, -0.05) is 11.6 Å². The van der Waals surface area contributed by atoms with Crippen LogP contribution in [0.15, 0.2) is 30.5 Å². The summed E-state index contributed by atoms with van der Waals surface area (Å²) in [6, 6.07) is 8.10. The lowest BCUT2D eigenvalue weighted by Crippen LogP contribution is -2.50. The molecule has 1 N–H and O–H groups in total. The third kappa shape index (κ3) is 4.25. The van der Waals surface area contributed by atoms with Crippen LogP contribution in [0.25, 0.3) is 21.3 Å². The molecule has 1 aromatic carbocycles. The maximum atomic E-state index is 13.5. The average molecular weight is 548 g/mol. The van der Waals surface area contributed by atoms with Crippen LogP contribution in [0.3, 0.4) is 0 Å². The van der Waals surface area contributed by atoms with E-state index in [1.807, 2.05) is 38.2 Å². The quantitative estimate of drug-likeness (QED) is 0.444. The van der Waals surface area contributed by atoms with Gasteiger partial charge < -0.3 is 10.0 Å². The number of halogens is 1. The van der Waals surface area contributed by atoms with E-state index in [2.05, 4.69) is 16.0 Å². The number of aliphatic hydroxyl groups is 1. The molecule has 1 atom stereocenters. The molecular weight excluding hydrogens is 514 g/mol. The van der Waals surface area contributed by atoms with Crippen LogP contribution in [0.5, 0.6) is 0 Å². The van der Waals surface area contributed by atoms with Crippen molar-refractivity contribution in [3.05, 3.63) is 45.9 Å². The van der Waals surface area contributed by atoms with Crippen LogP contribution in [0.2, 0.25) is 5.02 Å². The van der Waals surface area contributed by atoms with Crippen molar-refractivity contribution in [1.29, 1.82) is 0 Å². The first kappa shape index (κ1) is 25.9. The zero-order chi connectivity index (χ0) is 26.0. The van der Waals surface area contributed by atoms with E-state index in [9.17, 15) is 13.5 Å². The lowest BCUT2D eigenvalue weighted by Gasteiger charge is -2.38. The SMILES string of the molecule is CC1(C)C[C@H](N2CCCc3cc(Cl)cc(-c4ccnc5cc(CO)sc45)c32)CN1S(=O)(=O)C(C)(C)C. The van der Waals surface area contributed by atoms with E-state index in [4.69, 9.17) is 11.6 Å². The van der Waals surface area contributed by atoms with Crippen molar-refractivity contribution < 1.29 is 13.5 Å². The number of benzene rings is 1. The number of hydrogen-bond acceptors (Lipinski definition) is 6. The zero-order valence-corrected chi connectivity index (χ0v) is 23.9. The maximum Gasteiger partial charge on any atom is 0.219 e. The fraction of sp³-hybridized carbons (Fsp3) is 0.519. The number of aryl methyl sites for hydroxylation is 1. The Labute approximate surface area is 223 Å². The van der Waals surface area contributed by atoms with Gasteiger partial charge in [-0.15, -0.1) is 11.3 Å². The Bertz CT molecular complexity index is 1430. The second-order valence-corrected chi connectivity index (χ2v) is 15.7. The summed E-state index contributed by atoms with van der Waals surface area (Å²) in [6.07, 6.45) is 4.49. The minimum absolute atomic E-state index is 0.0184. The van der Waals surface area contributed by atoms with Crippen molar-refractivity contribution in [1.82, 2.24) is 9.29 Å². The van der Waals surface area contributed by atoms with Gasteiger partial charge in [0.25, 0.3) is 0 Å². The number of aliphatic hydroxyl groups excluding tert-OH is 1. The molecule has 9 heteroatoms. The van der Waals surface area contributed by atoms with Gasteiger partial charge in [-0.3, -0.25) is 4.98 Å². The second-order valence-electron chi connectivity index (χ2n) is 11.5. The molecule has 2 aliphatic heterocycles. The third-order valence-electron chi connectivity index (χ3n) is 7.49. The van der Waals surface area contributed by atoms with E-state index in [1.54, 1.807) is 36.4 Å². The molecule has 2 aliphatic rings. The predicted molar refractivity (Wildman–Crippen MR) is 150 cm³/mol. The summed E-state index contributed by atoms with van der Waals surface area (Å²) in [6.45, 7) is 10.7. The number of sulfonamides is 1. The molecule has 194 valence electrons. The van der Waals surface area contributed by atoms with Gasteiger partial charge in [-0.2, -0.15) is 4.31 Å². The molecule has 0 amide bonds. The molecule has 3 aromatic rings. The number of rotatable bonds is 4. The first-order valence-electron chi connectivity index (χ1n) is 12.4. The van der Waals surface area contributed by atoms with Crippen molar-refractivity contribution in [3.63, 3.8) is 0 Å². The molecule has 4 heterocycles. The van der Waals surface area contributed by atoms with Gasteiger partial charge in [0.15, 0.2) is 0 Å². The molecule has 0 aliphatic carbocycles. The number of nitrogens with zero attached hydrogens (tertiary/aromatic N) is 3. The Hall–Kier alpha value is -1.71. The minimum atomic E-state index is -3.48. The smallest absolute Gasteiger partial charge is 0.219 e. The molecule has 6 nitrogen and oxygen atoms in total. The van der Waals surface area contributed by atoms with Gasteiger partial charge >= 0.3 is 0 Å². The van der Waals surface area contributed by atoms with Gasteiger partial charge in [0.2, 0.25) is 10.0 Å². The summed E-state index contributed by atoms with van der Waals surface area (Å²) >= 11 is 8.20. The first-order valence-corrected chi connectivity index (χ1v) is 15.1. The molecule has 0 unspecified atom stereocenters. The molecule has 5 rings (SSSR count). The molecular formula is C27H34ClN3O3S2. The Balaban J connectivity index is 1.63. The highest BCUT2D eigenvalue weighted by Gasteiger charge is 2.50. The highest BCUT2D eigenvalue weighted by molar-refractivity contribution is 7.90. The third-order valence-corrected chi connectivity index (χ3v) is 11.6. The fourth-order valence-electron chi connectivity index (χ4n) is 5.73. The summed E-state index contributed by atoms with van der Waals surface area (Å²) in [4.78, 5) is 7.83. The van der Waals surface area contributed by atoms with Crippen LogP contribution in [-0.2, 0) is 23.1 Å². The normalized spacial score (nSPS) is 20.8. The highest BCUT2D eigenvalue weighted by atomic mass is 35.5. The highest BCUT2D eigenvalue weighted by Crippen LogP contribution is 2.47. The first-order chi connectivity index (χ1) is 16.8. The van der Waals surface area contributed by atoms with Gasteiger partial charge in [-0.25, -0.2) is 8.42 Å². The van der Waals surface area contributed by atoms with Crippen molar-refractivity contribution in [3.8, 4) is 11.1 Å². The molecule has 36 heavy (non-hydrogen) atoms. The Kier molecular flexibility index (Phi) is 6.44. The summed E-state index contributed by atoms with van der Waals surface area (Å²) < 4.78 is 28.9. The van der Waals surface area contributed by atoms with Crippen LogP contribution in [0, 0.1) is 0 Å². The Morgan fingerprint density at radius 1 is 1.22 bits per heavy atom. The predicted octanol–water partition coefficient (Wildman–Crippen LogP) is 5.84. The van der Waals surface area contributed by atoms with Crippen LogP contribution < -0.4 is 4.90 Å². The number of fused-ring (bicyclic) bond motifs is 2.